The number of anilines is 2. The number of alkyl halides is 3. The minimum atomic E-state index is -4.42. The van der Waals surface area contributed by atoms with Gasteiger partial charge >= 0.3 is 12.3 Å². The summed E-state index contributed by atoms with van der Waals surface area (Å²) in [6, 6.07) is 8.87. The number of hydrogen-bond donors (Lipinski definition) is 2. The normalized spacial score (nSPS) is 14.9. The molecule has 0 unspecified atom stereocenters. The minimum absolute atomic E-state index is 0.246. The standard InChI is InChI=1S/C30H36F3N5O3/c1-29(2,38(28(39)40)26-19-34-15-11-27(26)41-4)14-6-5-8-22-18-23-24(35-21-12-16-36(3)17-13-21)9-7-10-25(23)37(22)20-30(31,32)33/h7,9-11,15,18-19,21,35H,6,12-14,16-17,20H2,1-4H3,(H,39,40). The summed E-state index contributed by atoms with van der Waals surface area (Å²) in [6.45, 7) is 4.29. The van der Waals surface area contributed by atoms with E-state index in [1.54, 1.807) is 38.1 Å². The van der Waals surface area contributed by atoms with E-state index >= 15 is 0 Å². The Morgan fingerprint density at radius 3 is 2.63 bits per heavy atom. The Kier molecular flexibility index (Phi) is 9.02. The van der Waals surface area contributed by atoms with Crippen molar-refractivity contribution >= 4 is 28.4 Å². The highest BCUT2D eigenvalue weighted by Gasteiger charge is 2.34. The molecule has 2 aromatic heterocycles. The molecule has 4 rings (SSSR count). The van der Waals surface area contributed by atoms with Crippen LogP contribution in [0.5, 0.6) is 5.75 Å². The highest BCUT2D eigenvalue weighted by molar-refractivity contribution is 5.94. The second-order valence-corrected chi connectivity index (χ2v) is 11.0. The maximum atomic E-state index is 13.6. The number of ether oxygens (including phenoxy) is 1. The van der Waals surface area contributed by atoms with Crippen molar-refractivity contribution in [2.75, 3.05) is 37.5 Å². The lowest BCUT2D eigenvalue weighted by Crippen LogP contribution is -2.47. The number of carbonyl (C=O) groups is 1. The molecule has 0 bridgehead atoms. The molecule has 1 saturated heterocycles. The summed E-state index contributed by atoms with van der Waals surface area (Å²) >= 11 is 0. The summed E-state index contributed by atoms with van der Waals surface area (Å²) in [5.74, 6) is 6.30. The summed E-state index contributed by atoms with van der Waals surface area (Å²) in [5.41, 5.74) is 0.920. The molecule has 41 heavy (non-hydrogen) atoms. The van der Waals surface area contributed by atoms with E-state index in [0.29, 0.717) is 28.8 Å². The average Bonchev–Trinajstić information content (AvgIpc) is 3.24. The van der Waals surface area contributed by atoms with Crippen LogP contribution in [0, 0.1) is 11.8 Å². The quantitative estimate of drug-likeness (QED) is 0.313. The number of benzene rings is 1. The smallest absolute Gasteiger partial charge is 0.412 e. The Hall–Kier alpha value is -3.91. The second kappa shape index (κ2) is 12.3. The molecule has 1 amide bonds. The van der Waals surface area contributed by atoms with Gasteiger partial charge in [-0.2, -0.15) is 13.2 Å². The second-order valence-electron chi connectivity index (χ2n) is 11.0. The first kappa shape index (κ1) is 30.1. The van der Waals surface area contributed by atoms with Crippen molar-refractivity contribution in [1.82, 2.24) is 14.5 Å². The third kappa shape index (κ3) is 7.24. The molecule has 1 aliphatic rings. The van der Waals surface area contributed by atoms with Gasteiger partial charge in [-0.05, 0) is 77.4 Å². The van der Waals surface area contributed by atoms with Crippen molar-refractivity contribution in [3.63, 3.8) is 0 Å². The lowest BCUT2D eigenvalue weighted by atomic mass is 9.95. The zero-order valence-electron chi connectivity index (χ0n) is 23.8. The molecule has 1 aromatic carbocycles. The Morgan fingerprint density at radius 2 is 1.98 bits per heavy atom. The first-order valence-corrected chi connectivity index (χ1v) is 13.5. The Morgan fingerprint density at radius 1 is 1.24 bits per heavy atom. The Labute approximate surface area is 238 Å². The van der Waals surface area contributed by atoms with Gasteiger partial charge in [-0.1, -0.05) is 12.0 Å². The molecule has 0 aliphatic carbocycles. The van der Waals surface area contributed by atoms with E-state index in [9.17, 15) is 23.1 Å². The first-order chi connectivity index (χ1) is 19.4. The van der Waals surface area contributed by atoms with E-state index < -0.39 is 24.4 Å². The molecule has 0 atom stereocenters. The summed E-state index contributed by atoms with van der Waals surface area (Å²) in [6.07, 6.45) is -0.173. The fourth-order valence-electron chi connectivity index (χ4n) is 5.27. The minimum Gasteiger partial charge on any atom is -0.494 e. The number of halogens is 3. The van der Waals surface area contributed by atoms with E-state index in [0.717, 1.165) is 31.6 Å². The predicted octanol–water partition coefficient (Wildman–Crippen LogP) is 6.21. The van der Waals surface area contributed by atoms with Crippen molar-refractivity contribution < 1.29 is 27.8 Å². The number of methoxy groups -OCH3 is 1. The van der Waals surface area contributed by atoms with Crippen LogP contribution in [0.15, 0.2) is 42.7 Å². The van der Waals surface area contributed by atoms with Crippen molar-refractivity contribution in [2.45, 2.75) is 63.8 Å². The van der Waals surface area contributed by atoms with Gasteiger partial charge in [-0.15, -0.1) is 0 Å². The highest BCUT2D eigenvalue weighted by Crippen LogP contribution is 2.35. The largest absolute Gasteiger partial charge is 0.494 e. The van der Waals surface area contributed by atoms with E-state index in [1.807, 2.05) is 6.07 Å². The van der Waals surface area contributed by atoms with Crippen molar-refractivity contribution in [1.29, 1.82) is 0 Å². The molecular weight excluding hydrogens is 535 g/mol. The van der Waals surface area contributed by atoms with E-state index in [4.69, 9.17) is 4.74 Å². The predicted molar refractivity (Wildman–Crippen MR) is 154 cm³/mol. The molecule has 1 aliphatic heterocycles. The zero-order valence-corrected chi connectivity index (χ0v) is 23.8. The SMILES string of the molecule is COc1ccncc1N(C(=O)O)C(C)(C)CCC#Cc1cc2c(NC3CCN(C)CC3)cccc2n1CC(F)(F)F. The lowest BCUT2D eigenvalue weighted by molar-refractivity contribution is -0.140. The van der Waals surface area contributed by atoms with Crippen molar-refractivity contribution in [3.8, 4) is 17.6 Å². The maximum Gasteiger partial charge on any atom is 0.412 e. The molecule has 3 aromatic rings. The van der Waals surface area contributed by atoms with Crippen LogP contribution in [0.3, 0.4) is 0 Å². The summed E-state index contributed by atoms with van der Waals surface area (Å²) in [7, 11) is 3.53. The van der Waals surface area contributed by atoms with E-state index in [-0.39, 0.29) is 18.2 Å². The topological polar surface area (TPSA) is 82.9 Å². The van der Waals surface area contributed by atoms with Gasteiger partial charge in [0, 0.05) is 41.3 Å². The number of nitrogens with one attached hydrogen (secondary N) is 1. The van der Waals surface area contributed by atoms with Crippen LogP contribution in [-0.4, -0.2) is 70.7 Å². The lowest BCUT2D eigenvalue weighted by Gasteiger charge is -2.36. The summed E-state index contributed by atoms with van der Waals surface area (Å²) in [4.78, 5) is 19.7. The molecular formula is C30H36F3N5O3. The van der Waals surface area contributed by atoms with Gasteiger partial charge in [0.25, 0.3) is 0 Å². The molecule has 0 radical (unpaired) electrons. The van der Waals surface area contributed by atoms with Crippen molar-refractivity contribution in [3.05, 3.63) is 48.4 Å². The third-order valence-corrected chi connectivity index (χ3v) is 7.46. The van der Waals surface area contributed by atoms with Crippen LogP contribution in [0.25, 0.3) is 10.9 Å². The first-order valence-electron chi connectivity index (χ1n) is 13.5. The number of aromatic nitrogens is 2. The Bertz CT molecular complexity index is 1430. The van der Waals surface area contributed by atoms with Crippen LogP contribution in [0.2, 0.25) is 0 Å². The average molecular weight is 572 g/mol. The molecule has 8 nitrogen and oxygen atoms in total. The van der Waals surface area contributed by atoms with Crippen LogP contribution >= 0.6 is 0 Å². The van der Waals surface area contributed by atoms with E-state index in [1.165, 1.54) is 29.0 Å². The number of piperidine rings is 1. The van der Waals surface area contributed by atoms with Gasteiger partial charge in [0.15, 0.2) is 0 Å². The number of nitrogens with zero attached hydrogens (tertiary/aromatic N) is 4. The van der Waals surface area contributed by atoms with Crippen LogP contribution in [0.4, 0.5) is 29.3 Å². The van der Waals surface area contributed by atoms with E-state index in [2.05, 4.69) is 34.1 Å². The molecule has 220 valence electrons. The van der Waals surface area contributed by atoms with Crippen molar-refractivity contribution in [2.24, 2.45) is 0 Å². The number of pyridine rings is 1. The monoisotopic (exact) mass is 571 g/mol. The number of likely N-dealkylation sites (tertiary alicyclic amines) is 1. The third-order valence-electron chi connectivity index (χ3n) is 7.46. The Balaban J connectivity index is 1.59. The highest BCUT2D eigenvalue weighted by atomic mass is 19.4. The number of fused-ring (bicyclic) bond motifs is 1. The zero-order chi connectivity index (χ0) is 29.8. The molecule has 1 fully saturated rings. The molecule has 0 spiro atoms. The van der Waals surface area contributed by atoms with Gasteiger partial charge in [0.1, 0.15) is 18.0 Å². The fraction of sp³-hybridized carbons (Fsp3) is 0.467. The van der Waals surface area contributed by atoms with Crippen LogP contribution in [0.1, 0.15) is 45.2 Å². The maximum absolute atomic E-state index is 13.6. The molecule has 2 N–H and O–H groups in total. The van der Waals surface area contributed by atoms with Gasteiger partial charge in [0.05, 0.1) is 24.5 Å². The van der Waals surface area contributed by atoms with Crippen LogP contribution < -0.4 is 15.0 Å². The van der Waals surface area contributed by atoms with Gasteiger partial charge in [0.2, 0.25) is 0 Å². The molecule has 3 heterocycles. The van der Waals surface area contributed by atoms with Crippen LogP contribution in [-0.2, 0) is 6.54 Å². The summed E-state index contributed by atoms with van der Waals surface area (Å²) < 4.78 is 47.3. The number of hydrogen-bond acceptors (Lipinski definition) is 5. The summed E-state index contributed by atoms with van der Waals surface area (Å²) in [5, 5.41) is 14.2. The van der Waals surface area contributed by atoms with Gasteiger partial charge < -0.3 is 24.6 Å². The van der Waals surface area contributed by atoms with Gasteiger partial charge in [-0.3, -0.25) is 9.88 Å². The number of amides is 1. The number of rotatable bonds is 8. The van der Waals surface area contributed by atoms with Gasteiger partial charge in [-0.25, -0.2) is 4.79 Å². The molecule has 0 saturated carbocycles. The number of carboxylic acid groups (broad SMARTS) is 1. The fourth-order valence-corrected chi connectivity index (χ4v) is 5.27. The molecule has 11 heteroatoms.